The molecule has 2 atom stereocenters. The molecule has 2 saturated heterocycles. The van der Waals surface area contributed by atoms with E-state index in [4.69, 9.17) is 35.6 Å². The molecule has 268 valence electrons. The summed E-state index contributed by atoms with van der Waals surface area (Å²) in [7, 11) is 0. The zero-order valence-corrected chi connectivity index (χ0v) is 30.7. The molecule has 2 aliphatic heterocycles. The molecular weight excluding hydrogens is 665 g/mol. The van der Waals surface area contributed by atoms with Gasteiger partial charge in [0.1, 0.15) is 35.2 Å². The van der Waals surface area contributed by atoms with Crippen molar-refractivity contribution < 1.29 is 28.2 Å². The maximum Gasteiger partial charge on any atom is 0.410 e. The molecule has 50 heavy (non-hydrogen) atoms. The number of ether oxygens (including phenoxy) is 3. The van der Waals surface area contributed by atoms with E-state index in [0.29, 0.717) is 55.3 Å². The lowest BCUT2D eigenvalue weighted by Crippen LogP contribution is -2.59. The first-order chi connectivity index (χ1) is 23.7. The van der Waals surface area contributed by atoms with Gasteiger partial charge in [-0.25, -0.2) is 9.18 Å². The molecule has 0 saturated carbocycles. The number of hydrogen-bond donors (Lipinski definition) is 0. The van der Waals surface area contributed by atoms with Crippen LogP contribution in [0.3, 0.4) is 0 Å². The number of anilines is 1. The fourth-order valence-corrected chi connectivity index (χ4v) is 6.38. The maximum absolute atomic E-state index is 17.1. The first-order valence-electron chi connectivity index (χ1n) is 16.8. The van der Waals surface area contributed by atoms with E-state index in [1.807, 2.05) is 39.5 Å². The van der Waals surface area contributed by atoms with E-state index in [1.54, 1.807) is 43.9 Å². The molecule has 14 heteroatoms. The van der Waals surface area contributed by atoms with Crippen molar-refractivity contribution in [3.63, 3.8) is 0 Å². The third-order valence-electron chi connectivity index (χ3n) is 8.53. The Hall–Kier alpha value is -4.25. The second-order valence-corrected chi connectivity index (χ2v) is 14.3. The Morgan fingerprint density at radius 1 is 1.14 bits per heavy atom. The molecule has 12 nitrogen and oxygen atoms in total. The topological polar surface area (TPSA) is 126 Å². The number of nitrogens with zero attached hydrogens (tertiary/aromatic N) is 7. The molecular formula is C36H45ClFN7O5. The summed E-state index contributed by atoms with van der Waals surface area (Å²) in [5.74, 6) is -0.130. The van der Waals surface area contributed by atoms with Gasteiger partial charge in [-0.2, -0.15) is 15.2 Å². The molecule has 2 unspecified atom stereocenters. The number of aryl methyl sites for hydroxylation is 1. The monoisotopic (exact) mass is 709 g/mol. The predicted molar refractivity (Wildman–Crippen MR) is 191 cm³/mol. The van der Waals surface area contributed by atoms with Crippen molar-refractivity contribution in [2.75, 3.05) is 57.4 Å². The molecule has 5 rings (SSSR count). The number of oxime groups is 1. The van der Waals surface area contributed by atoms with Gasteiger partial charge in [-0.3, -0.25) is 4.90 Å². The Labute approximate surface area is 297 Å². The molecule has 0 N–H and O–H groups in total. The largest absolute Gasteiger partial charge is 0.462 e. The van der Waals surface area contributed by atoms with Crippen molar-refractivity contribution in [2.24, 2.45) is 5.16 Å². The van der Waals surface area contributed by atoms with E-state index in [-0.39, 0.29) is 57.7 Å². The SMILES string of the molecule is CC(C)=NOc1ccc(C)c(-c2c(Cl)cc3c(N4CC(C)N(C(=O)OC(C)(C)C)CC4C)nc(OCCN4CCOCC4)nc3c2F)c1C#N. The van der Waals surface area contributed by atoms with Crippen LogP contribution in [0, 0.1) is 24.1 Å². The molecule has 2 aromatic carbocycles. The van der Waals surface area contributed by atoms with Crippen molar-refractivity contribution in [1.82, 2.24) is 19.8 Å². The summed E-state index contributed by atoms with van der Waals surface area (Å²) in [6.45, 7) is 19.2. The average molecular weight is 710 g/mol. The predicted octanol–water partition coefficient (Wildman–Crippen LogP) is 6.59. The average Bonchev–Trinajstić information content (AvgIpc) is 3.05. The van der Waals surface area contributed by atoms with E-state index < -0.39 is 17.5 Å². The highest BCUT2D eigenvalue weighted by molar-refractivity contribution is 6.34. The van der Waals surface area contributed by atoms with Crippen molar-refractivity contribution in [3.8, 4) is 29.0 Å². The van der Waals surface area contributed by atoms with Gasteiger partial charge in [0.2, 0.25) is 0 Å². The molecule has 1 amide bonds. The van der Waals surface area contributed by atoms with Gasteiger partial charge >= 0.3 is 12.1 Å². The van der Waals surface area contributed by atoms with Gasteiger partial charge in [-0.1, -0.05) is 22.8 Å². The van der Waals surface area contributed by atoms with Gasteiger partial charge in [0.05, 0.1) is 23.9 Å². The van der Waals surface area contributed by atoms with E-state index in [1.165, 1.54) is 0 Å². The number of rotatable bonds is 8. The molecule has 0 aliphatic carbocycles. The fourth-order valence-electron chi connectivity index (χ4n) is 6.10. The summed E-state index contributed by atoms with van der Waals surface area (Å²) in [4.78, 5) is 34.0. The standard InChI is InChI=1S/C36H45ClFN7O5/c1-21(2)42-50-28-10-9-22(3)29(26(28)18-39)30-27(37)17-25-32(31(30)38)40-34(48-16-13-43-11-14-47-15-12-43)41-33(25)44-19-24(5)45(20-23(44)4)35(46)49-36(6,7)8/h9-10,17,23-24H,11-16,19-20H2,1-8H3. The lowest BCUT2D eigenvalue weighted by Gasteiger charge is -2.45. The Morgan fingerprint density at radius 2 is 1.86 bits per heavy atom. The van der Waals surface area contributed by atoms with E-state index in [2.05, 4.69) is 21.1 Å². The van der Waals surface area contributed by atoms with Crippen molar-refractivity contribution in [1.29, 1.82) is 5.26 Å². The highest BCUT2D eigenvalue weighted by atomic mass is 35.5. The minimum Gasteiger partial charge on any atom is -0.462 e. The maximum atomic E-state index is 17.1. The van der Waals surface area contributed by atoms with Gasteiger partial charge in [0.25, 0.3) is 0 Å². The number of piperazine rings is 1. The Morgan fingerprint density at radius 3 is 2.52 bits per heavy atom. The first-order valence-corrected chi connectivity index (χ1v) is 17.2. The third-order valence-corrected chi connectivity index (χ3v) is 8.83. The molecule has 3 aromatic rings. The van der Waals surface area contributed by atoms with Crippen LogP contribution in [0.25, 0.3) is 22.0 Å². The van der Waals surface area contributed by atoms with Crippen LogP contribution < -0.4 is 14.5 Å². The third kappa shape index (κ3) is 8.20. The number of hydrogen-bond acceptors (Lipinski definition) is 11. The van der Waals surface area contributed by atoms with Gasteiger partial charge < -0.3 is 28.8 Å². The van der Waals surface area contributed by atoms with Crippen LogP contribution in [-0.4, -0.2) is 102 Å². The number of amides is 1. The van der Waals surface area contributed by atoms with Crippen molar-refractivity contribution >= 4 is 40.1 Å². The van der Waals surface area contributed by atoms with Crippen LogP contribution in [0.1, 0.15) is 59.6 Å². The van der Waals surface area contributed by atoms with Crippen LogP contribution in [0.4, 0.5) is 15.0 Å². The molecule has 2 fully saturated rings. The molecule has 0 radical (unpaired) electrons. The molecule has 2 aliphatic rings. The van der Waals surface area contributed by atoms with Gasteiger partial charge in [-0.15, -0.1) is 0 Å². The number of carbonyl (C=O) groups excluding carboxylic acids is 1. The molecule has 3 heterocycles. The number of aromatic nitrogens is 2. The summed E-state index contributed by atoms with van der Waals surface area (Å²) in [6, 6.07) is 6.65. The highest BCUT2D eigenvalue weighted by Crippen LogP contribution is 2.43. The minimum absolute atomic E-state index is 0.00410. The summed E-state index contributed by atoms with van der Waals surface area (Å²) in [6.07, 6.45) is -0.399. The van der Waals surface area contributed by atoms with Gasteiger partial charge in [0.15, 0.2) is 11.6 Å². The number of fused-ring (bicyclic) bond motifs is 1. The van der Waals surface area contributed by atoms with Crippen LogP contribution in [0.5, 0.6) is 11.8 Å². The zero-order chi connectivity index (χ0) is 36.3. The zero-order valence-electron chi connectivity index (χ0n) is 30.0. The first kappa shape index (κ1) is 37.0. The van der Waals surface area contributed by atoms with E-state index >= 15 is 4.39 Å². The highest BCUT2D eigenvalue weighted by Gasteiger charge is 2.37. The lowest BCUT2D eigenvalue weighted by atomic mass is 9.93. The summed E-state index contributed by atoms with van der Waals surface area (Å²) in [5, 5.41) is 14.7. The van der Waals surface area contributed by atoms with E-state index in [9.17, 15) is 10.1 Å². The number of halogens is 2. The molecule has 0 spiro atoms. The molecule has 1 aromatic heterocycles. The summed E-state index contributed by atoms with van der Waals surface area (Å²) >= 11 is 6.93. The smallest absolute Gasteiger partial charge is 0.410 e. The van der Waals surface area contributed by atoms with Crippen LogP contribution in [0.15, 0.2) is 23.4 Å². The summed E-state index contributed by atoms with van der Waals surface area (Å²) in [5.41, 5.74) is 0.985. The number of nitriles is 1. The Kier molecular flexibility index (Phi) is 11.3. The second-order valence-electron chi connectivity index (χ2n) is 13.9. The van der Waals surface area contributed by atoms with Crippen LogP contribution in [-0.2, 0) is 9.47 Å². The molecule has 0 bridgehead atoms. The van der Waals surface area contributed by atoms with Crippen molar-refractivity contribution in [3.05, 3.63) is 40.2 Å². The summed E-state index contributed by atoms with van der Waals surface area (Å²) < 4.78 is 34.3. The lowest BCUT2D eigenvalue weighted by molar-refractivity contribution is 0.0129. The van der Waals surface area contributed by atoms with Crippen LogP contribution in [0.2, 0.25) is 5.02 Å². The minimum atomic E-state index is -0.728. The van der Waals surface area contributed by atoms with Crippen LogP contribution >= 0.6 is 11.6 Å². The normalized spacial score (nSPS) is 18.5. The second kappa shape index (κ2) is 15.3. The Balaban J connectivity index is 1.61. The fraction of sp³-hybridized carbons (Fsp3) is 0.528. The number of carbonyl (C=O) groups is 1. The number of benzene rings is 2. The van der Waals surface area contributed by atoms with Gasteiger partial charge in [-0.05, 0) is 73.1 Å². The quantitative estimate of drug-likeness (QED) is 0.187. The van der Waals surface area contributed by atoms with Crippen molar-refractivity contribution in [2.45, 2.75) is 73.1 Å². The Bertz CT molecular complexity index is 1820. The number of morpholine rings is 1. The van der Waals surface area contributed by atoms with E-state index in [0.717, 1.165) is 13.1 Å². The van der Waals surface area contributed by atoms with Gasteiger partial charge in [0, 0.05) is 61.3 Å².